The van der Waals surface area contributed by atoms with Crippen LogP contribution in [0.15, 0.2) is 44.8 Å². The summed E-state index contributed by atoms with van der Waals surface area (Å²) in [6.45, 7) is 0. The molecule has 0 fully saturated rings. The van der Waals surface area contributed by atoms with Crippen LogP contribution < -0.4 is 5.73 Å². The summed E-state index contributed by atoms with van der Waals surface area (Å²) in [7, 11) is 0. The van der Waals surface area contributed by atoms with E-state index in [9.17, 15) is 4.39 Å². The predicted molar refractivity (Wildman–Crippen MR) is 59.3 cm³/mol. The van der Waals surface area contributed by atoms with Crippen molar-refractivity contribution in [1.82, 2.24) is 0 Å². The maximum atomic E-state index is 12.7. The van der Waals surface area contributed by atoms with Gasteiger partial charge < -0.3 is 5.73 Å². The van der Waals surface area contributed by atoms with Gasteiger partial charge in [-0.3, -0.25) is 0 Å². The Morgan fingerprint density at radius 3 is 2.79 bits per heavy atom. The Morgan fingerprint density at radius 1 is 1.29 bits per heavy atom. The van der Waals surface area contributed by atoms with Gasteiger partial charge in [-0.1, -0.05) is 17.8 Å². The molecule has 1 aromatic heterocycles. The molecule has 0 saturated carbocycles. The van der Waals surface area contributed by atoms with Crippen molar-refractivity contribution >= 4 is 28.8 Å². The predicted octanol–water partition coefficient (Wildman–Crippen LogP) is 3.62. The molecule has 1 heterocycles. The van der Waals surface area contributed by atoms with Crippen LogP contribution in [0.4, 0.5) is 10.1 Å². The highest BCUT2D eigenvalue weighted by Crippen LogP contribution is 2.34. The average molecular weight is 225 g/mol. The molecule has 0 radical (unpaired) electrons. The van der Waals surface area contributed by atoms with E-state index in [1.54, 1.807) is 29.2 Å². The molecular weight excluding hydrogens is 217 g/mol. The Bertz CT molecular complexity index is 426. The molecule has 4 heteroatoms. The van der Waals surface area contributed by atoms with Crippen LogP contribution >= 0.6 is 23.1 Å². The second-order valence-corrected chi connectivity index (χ2v) is 5.01. The van der Waals surface area contributed by atoms with Gasteiger partial charge in [-0.2, -0.15) is 0 Å². The smallest absolute Gasteiger partial charge is 0.125 e. The van der Waals surface area contributed by atoms with Gasteiger partial charge in [0.1, 0.15) is 5.82 Å². The molecule has 1 nitrogen and oxygen atoms in total. The minimum Gasteiger partial charge on any atom is -0.398 e. The largest absolute Gasteiger partial charge is 0.398 e. The lowest BCUT2D eigenvalue weighted by Crippen LogP contribution is -1.88. The highest BCUT2D eigenvalue weighted by atomic mass is 32.2. The summed E-state index contributed by atoms with van der Waals surface area (Å²) in [6.07, 6.45) is 0. The summed E-state index contributed by atoms with van der Waals surface area (Å²) in [5.74, 6) is -0.293. The van der Waals surface area contributed by atoms with Crippen molar-refractivity contribution in [2.24, 2.45) is 0 Å². The number of nitrogens with two attached hydrogens (primary N) is 1. The molecule has 14 heavy (non-hydrogen) atoms. The fraction of sp³-hybridized carbons (Fsp3) is 0. The lowest BCUT2D eigenvalue weighted by molar-refractivity contribution is 0.627. The van der Waals surface area contributed by atoms with E-state index >= 15 is 0 Å². The molecule has 0 aliphatic heterocycles. The molecule has 2 rings (SSSR count). The second kappa shape index (κ2) is 4.02. The minimum atomic E-state index is -0.293. The van der Waals surface area contributed by atoms with E-state index in [1.165, 1.54) is 12.1 Å². The number of anilines is 1. The van der Waals surface area contributed by atoms with Crippen molar-refractivity contribution in [2.75, 3.05) is 5.73 Å². The normalized spacial score (nSPS) is 10.4. The third-order valence-corrected chi connectivity index (χ3v) is 3.81. The summed E-state index contributed by atoms with van der Waals surface area (Å²) in [6, 6.07) is 8.46. The van der Waals surface area contributed by atoms with E-state index in [4.69, 9.17) is 5.73 Å². The molecule has 1 aromatic carbocycles. The minimum absolute atomic E-state index is 0.293. The number of nitrogen functional groups attached to an aromatic ring is 1. The first-order valence-electron chi connectivity index (χ1n) is 4.02. The maximum absolute atomic E-state index is 12.7. The molecule has 0 aliphatic rings. The van der Waals surface area contributed by atoms with Crippen molar-refractivity contribution in [1.29, 1.82) is 0 Å². The second-order valence-electron chi connectivity index (χ2n) is 2.72. The number of halogens is 1. The number of thiophene rings is 1. The molecule has 0 spiro atoms. The third kappa shape index (κ3) is 2.08. The van der Waals surface area contributed by atoms with E-state index in [2.05, 4.69) is 0 Å². The summed E-state index contributed by atoms with van der Waals surface area (Å²) < 4.78 is 13.9. The van der Waals surface area contributed by atoms with Crippen molar-refractivity contribution < 1.29 is 4.39 Å². The average Bonchev–Trinajstić information content (AvgIpc) is 2.62. The van der Waals surface area contributed by atoms with Gasteiger partial charge in [-0.05, 0) is 29.6 Å². The first kappa shape index (κ1) is 9.55. The standard InChI is InChI=1S/C10H8FNS2/c11-7-3-4-9(8(12)6-7)14-10-2-1-5-13-10/h1-6H,12H2. The summed E-state index contributed by atoms with van der Waals surface area (Å²) in [5, 5.41) is 2.00. The molecular formula is C10H8FNS2. The van der Waals surface area contributed by atoms with Crippen molar-refractivity contribution in [3.05, 3.63) is 41.5 Å². The highest BCUT2D eigenvalue weighted by Gasteiger charge is 2.03. The number of hydrogen-bond acceptors (Lipinski definition) is 3. The monoisotopic (exact) mass is 225 g/mol. The van der Waals surface area contributed by atoms with Crippen LogP contribution in [0.5, 0.6) is 0 Å². The zero-order chi connectivity index (χ0) is 9.97. The molecule has 2 N–H and O–H groups in total. The van der Waals surface area contributed by atoms with Crippen LogP contribution in [-0.2, 0) is 0 Å². The Kier molecular flexibility index (Phi) is 2.74. The van der Waals surface area contributed by atoms with Crippen LogP contribution in [0, 0.1) is 5.82 Å². The van der Waals surface area contributed by atoms with Gasteiger partial charge in [-0.25, -0.2) is 4.39 Å². The Morgan fingerprint density at radius 2 is 2.14 bits per heavy atom. The van der Waals surface area contributed by atoms with Crippen LogP contribution in [0.3, 0.4) is 0 Å². The summed E-state index contributed by atoms with van der Waals surface area (Å²) >= 11 is 3.20. The van der Waals surface area contributed by atoms with Gasteiger partial charge in [0.15, 0.2) is 0 Å². The van der Waals surface area contributed by atoms with E-state index in [0.717, 1.165) is 9.10 Å². The van der Waals surface area contributed by atoms with Crippen LogP contribution in [0.1, 0.15) is 0 Å². The van der Waals surface area contributed by atoms with Gasteiger partial charge in [0.25, 0.3) is 0 Å². The van der Waals surface area contributed by atoms with Crippen LogP contribution in [0.25, 0.3) is 0 Å². The molecule has 0 unspecified atom stereocenters. The van der Waals surface area contributed by atoms with Gasteiger partial charge in [0.2, 0.25) is 0 Å². The van der Waals surface area contributed by atoms with Crippen LogP contribution in [-0.4, -0.2) is 0 Å². The molecule has 0 aliphatic carbocycles. The fourth-order valence-electron chi connectivity index (χ4n) is 1.04. The number of rotatable bonds is 2. The van der Waals surface area contributed by atoms with Crippen LogP contribution in [0.2, 0.25) is 0 Å². The lowest BCUT2D eigenvalue weighted by Gasteiger charge is -2.02. The van der Waals surface area contributed by atoms with Gasteiger partial charge in [0.05, 0.1) is 4.21 Å². The first-order valence-corrected chi connectivity index (χ1v) is 5.72. The molecule has 0 atom stereocenters. The maximum Gasteiger partial charge on any atom is 0.125 e. The molecule has 0 bridgehead atoms. The first-order chi connectivity index (χ1) is 6.75. The van der Waals surface area contributed by atoms with Crippen molar-refractivity contribution in [3.63, 3.8) is 0 Å². The van der Waals surface area contributed by atoms with E-state index < -0.39 is 0 Å². The molecule has 72 valence electrons. The number of hydrogen-bond donors (Lipinski definition) is 1. The number of benzene rings is 1. The quantitative estimate of drug-likeness (QED) is 0.790. The molecule has 0 saturated heterocycles. The van der Waals surface area contributed by atoms with Gasteiger partial charge in [-0.15, -0.1) is 11.3 Å². The highest BCUT2D eigenvalue weighted by molar-refractivity contribution is 8.01. The van der Waals surface area contributed by atoms with E-state index in [-0.39, 0.29) is 5.82 Å². The molecule has 0 amide bonds. The third-order valence-electron chi connectivity index (χ3n) is 1.68. The summed E-state index contributed by atoms with van der Waals surface area (Å²) in [5.41, 5.74) is 6.17. The Balaban J connectivity index is 2.25. The topological polar surface area (TPSA) is 26.0 Å². The zero-order valence-corrected chi connectivity index (χ0v) is 8.87. The van der Waals surface area contributed by atoms with Crippen molar-refractivity contribution in [2.45, 2.75) is 9.10 Å². The summed E-state index contributed by atoms with van der Waals surface area (Å²) in [4.78, 5) is 0.897. The van der Waals surface area contributed by atoms with E-state index in [0.29, 0.717) is 5.69 Å². The van der Waals surface area contributed by atoms with Gasteiger partial charge in [0, 0.05) is 10.6 Å². The molecule has 2 aromatic rings. The SMILES string of the molecule is Nc1cc(F)ccc1Sc1cccs1. The van der Waals surface area contributed by atoms with Gasteiger partial charge >= 0.3 is 0 Å². The van der Waals surface area contributed by atoms with E-state index in [1.807, 2.05) is 17.5 Å². The zero-order valence-electron chi connectivity index (χ0n) is 7.24. The fourth-order valence-corrected chi connectivity index (χ4v) is 2.80. The van der Waals surface area contributed by atoms with Crippen molar-refractivity contribution in [3.8, 4) is 0 Å². The lowest BCUT2D eigenvalue weighted by atomic mass is 10.3. The Hall–Kier alpha value is -1.00. The Labute approximate surface area is 89.8 Å².